The lowest BCUT2D eigenvalue weighted by Crippen LogP contribution is -2.33. The molecule has 3 rings (SSSR count). The number of benzene rings is 2. The van der Waals surface area contributed by atoms with Crippen LogP contribution in [0, 0.1) is 19.7 Å². The number of hydrogen-bond acceptors (Lipinski definition) is 3. The molecule has 5 nitrogen and oxygen atoms in total. The zero-order chi connectivity index (χ0) is 20.3. The third-order valence-corrected chi connectivity index (χ3v) is 4.64. The molecule has 0 fully saturated rings. The summed E-state index contributed by atoms with van der Waals surface area (Å²) in [6.07, 6.45) is 1.72. The first kappa shape index (κ1) is 19.8. The summed E-state index contributed by atoms with van der Waals surface area (Å²) in [6, 6.07) is 13.8. The van der Waals surface area contributed by atoms with Crippen molar-refractivity contribution < 1.29 is 9.18 Å². The van der Waals surface area contributed by atoms with E-state index in [1.165, 1.54) is 11.6 Å². The molecule has 1 N–H and O–H groups in total. The molecule has 0 radical (unpaired) electrons. The monoisotopic (exact) mass is 380 g/mol. The molecule has 0 saturated carbocycles. The SMILES string of the molecule is Cc1cccc(Cn2ncc(C)c2NC(=O)C(c2ccccc2F)N(C)C)c1. The van der Waals surface area contributed by atoms with Gasteiger partial charge in [0, 0.05) is 11.1 Å². The number of rotatable bonds is 6. The number of aromatic nitrogens is 2. The molecule has 0 bridgehead atoms. The van der Waals surface area contributed by atoms with Gasteiger partial charge in [0.1, 0.15) is 17.7 Å². The Morgan fingerprint density at radius 3 is 2.61 bits per heavy atom. The van der Waals surface area contributed by atoms with Crippen LogP contribution in [0.25, 0.3) is 0 Å². The number of carbonyl (C=O) groups excluding carboxylic acids is 1. The molecule has 0 saturated heterocycles. The number of aryl methyl sites for hydroxylation is 2. The summed E-state index contributed by atoms with van der Waals surface area (Å²) in [6.45, 7) is 4.47. The minimum Gasteiger partial charge on any atom is -0.309 e. The van der Waals surface area contributed by atoms with Crippen LogP contribution in [0.3, 0.4) is 0 Å². The Labute approximate surface area is 164 Å². The van der Waals surface area contributed by atoms with Gasteiger partial charge in [-0.05, 0) is 39.6 Å². The lowest BCUT2D eigenvalue weighted by molar-refractivity contribution is -0.120. The molecule has 2 aromatic carbocycles. The van der Waals surface area contributed by atoms with Gasteiger partial charge in [-0.1, -0.05) is 48.0 Å². The molecular weight excluding hydrogens is 355 g/mol. The molecule has 146 valence electrons. The molecule has 3 aromatic rings. The van der Waals surface area contributed by atoms with Crippen LogP contribution in [0.5, 0.6) is 0 Å². The summed E-state index contributed by atoms with van der Waals surface area (Å²) in [7, 11) is 3.52. The zero-order valence-electron chi connectivity index (χ0n) is 16.6. The van der Waals surface area contributed by atoms with E-state index in [2.05, 4.69) is 16.5 Å². The number of nitrogens with zero attached hydrogens (tertiary/aromatic N) is 3. The van der Waals surface area contributed by atoms with Gasteiger partial charge in [0.2, 0.25) is 5.91 Å². The lowest BCUT2D eigenvalue weighted by Gasteiger charge is -2.24. The first-order valence-corrected chi connectivity index (χ1v) is 9.16. The number of anilines is 1. The number of likely N-dealkylation sites (N-methyl/N-ethyl adjacent to an activating group) is 1. The van der Waals surface area contributed by atoms with Crippen molar-refractivity contribution >= 4 is 11.7 Å². The van der Waals surface area contributed by atoms with Crippen LogP contribution in [-0.4, -0.2) is 34.7 Å². The smallest absolute Gasteiger partial charge is 0.247 e. The van der Waals surface area contributed by atoms with E-state index in [0.29, 0.717) is 17.9 Å². The second-order valence-corrected chi connectivity index (χ2v) is 7.20. The first-order valence-electron chi connectivity index (χ1n) is 9.16. The van der Waals surface area contributed by atoms with Gasteiger partial charge >= 0.3 is 0 Å². The van der Waals surface area contributed by atoms with Crippen LogP contribution < -0.4 is 5.32 Å². The van der Waals surface area contributed by atoms with E-state index in [1.54, 1.807) is 48.1 Å². The molecule has 1 unspecified atom stereocenters. The molecule has 0 spiro atoms. The van der Waals surface area contributed by atoms with Crippen LogP contribution >= 0.6 is 0 Å². The Morgan fingerprint density at radius 2 is 1.93 bits per heavy atom. The normalized spacial score (nSPS) is 12.2. The van der Waals surface area contributed by atoms with Crippen molar-refractivity contribution in [2.75, 3.05) is 19.4 Å². The first-order chi connectivity index (χ1) is 13.4. The highest BCUT2D eigenvalue weighted by atomic mass is 19.1. The minimum atomic E-state index is -0.747. The van der Waals surface area contributed by atoms with Crippen molar-refractivity contribution in [3.63, 3.8) is 0 Å². The second kappa shape index (κ2) is 8.35. The van der Waals surface area contributed by atoms with Gasteiger partial charge in [-0.15, -0.1) is 0 Å². The molecule has 1 amide bonds. The predicted molar refractivity (Wildman–Crippen MR) is 109 cm³/mol. The summed E-state index contributed by atoms with van der Waals surface area (Å²) in [5.74, 6) is -0.0831. The molecule has 1 heterocycles. The highest BCUT2D eigenvalue weighted by molar-refractivity contribution is 5.95. The van der Waals surface area contributed by atoms with Crippen LogP contribution in [0.4, 0.5) is 10.2 Å². The van der Waals surface area contributed by atoms with Crippen molar-refractivity contribution in [3.05, 3.63) is 82.8 Å². The van der Waals surface area contributed by atoms with Crippen molar-refractivity contribution in [3.8, 4) is 0 Å². The highest BCUT2D eigenvalue weighted by Crippen LogP contribution is 2.24. The largest absolute Gasteiger partial charge is 0.309 e. The number of halogens is 1. The Morgan fingerprint density at radius 1 is 1.18 bits per heavy atom. The van der Waals surface area contributed by atoms with Crippen molar-refractivity contribution in [2.24, 2.45) is 0 Å². The van der Waals surface area contributed by atoms with E-state index in [1.807, 2.05) is 32.0 Å². The maximum atomic E-state index is 14.3. The van der Waals surface area contributed by atoms with E-state index < -0.39 is 11.9 Å². The zero-order valence-corrected chi connectivity index (χ0v) is 16.6. The van der Waals surface area contributed by atoms with Gasteiger partial charge in [0.15, 0.2) is 0 Å². The van der Waals surface area contributed by atoms with Gasteiger partial charge in [-0.2, -0.15) is 5.10 Å². The summed E-state index contributed by atoms with van der Waals surface area (Å²) in [5.41, 5.74) is 3.45. The predicted octanol–water partition coefficient (Wildman–Crippen LogP) is 3.93. The summed E-state index contributed by atoms with van der Waals surface area (Å²) < 4.78 is 16.1. The summed E-state index contributed by atoms with van der Waals surface area (Å²) in [5, 5.41) is 7.36. The van der Waals surface area contributed by atoms with E-state index >= 15 is 0 Å². The van der Waals surface area contributed by atoms with Gasteiger partial charge in [0.05, 0.1) is 12.7 Å². The standard InChI is InChI=1S/C22H25FN4O/c1-15-8-7-9-17(12-15)14-27-21(16(2)13-24-27)25-22(28)20(26(3)4)18-10-5-6-11-19(18)23/h5-13,20H,14H2,1-4H3,(H,25,28). The number of hydrogen-bond donors (Lipinski definition) is 1. The number of amides is 1. The lowest BCUT2D eigenvalue weighted by atomic mass is 10.0. The van der Waals surface area contributed by atoms with E-state index in [0.717, 1.165) is 11.1 Å². The van der Waals surface area contributed by atoms with Crippen molar-refractivity contribution in [1.29, 1.82) is 0 Å². The topological polar surface area (TPSA) is 50.2 Å². The van der Waals surface area contributed by atoms with Gasteiger partial charge in [0.25, 0.3) is 0 Å². The fraction of sp³-hybridized carbons (Fsp3) is 0.273. The molecule has 1 atom stereocenters. The molecular formula is C22H25FN4O. The fourth-order valence-electron chi connectivity index (χ4n) is 3.28. The summed E-state index contributed by atoms with van der Waals surface area (Å²) >= 11 is 0. The second-order valence-electron chi connectivity index (χ2n) is 7.20. The molecule has 1 aromatic heterocycles. The van der Waals surface area contributed by atoms with Gasteiger partial charge in [-0.3, -0.25) is 9.69 Å². The third-order valence-electron chi connectivity index (χ3n) is 4.64. The number of nitrogens with one attached hydrogen (secondary N) is 1. The van der Waals surface area contributed by atoms with E-state index in [4.69, 9.17) is 0 Å². The van der Waals surface area contributed by atoms with Crippen molar-refractivity contribution in [1.82, 2.24) is 14.7 Å². The third kappa shape index (κ3) is 4.28. The average molecular weight is 380 g/mol. The minimum absolute atomic E-state index is 0.302. The van der Waals surface area contributed by atoms with Crippen LogP contribution in [0.1, 0.15) is 28.3 Å². The van der Waals surface area contributed by atoms with Crippen LogP contribution in [0.15, 0.2) is 54.7 Å². The van der Waals surface area contributed by atoms with Crippen LogP contribution in [0.2, 0.25) is 0 Å². The molecule has 6 heteroatoms. The average Bonchev–Trinajstić information content (AvgIpc) is 2.97. The van der Waals surface area contributed by atoms with Gasteiger partial charge in [-0.25, -0.2) is 9.07 Å². The van der Waals surface area contributed by atoms with Crippen molar-refractivity contribution in [2.45, 2.75) is 26.4 Å². The van der Waals surface area contributed by atoms with E-state index in [9.17, 15) is 9.18 Å². The molecule has 0 aliphatic carbocycles. The Bertz CT molecular complexity index is 980. The van der Waals surface area contributed by atoms with Crippen LogP contribution in [-0.2, 0) is 11.3 Å². The maximum Gasteiger partial charge on any atom is 0.247 e. The number of carbonyl (C=O) groups is 1. The molecule has 28 heavy (non-hydrogen) atoms. The summed E-state index contributed by atoms with van der Waals surface area (Å²) in [4.78, 5) is 14.8. The van der Waals surface area contributed by atoms with E-state index in [-0.39, 0.29) is 5.91 Å². The quantitative estimate of drug-likeness (QED) is 0.705. The Balaban J connectivity index is 1.87. The van der Waals surface area contributed by atoms with Gasteiger partial charge < -0.3 is 5.32 Å². The Hall–Kier alpha value is -2.99. The maximum absolute atomic E-state index is 14.3. The fourth-order valence-corrected chi connectivity index (χ4v) is 3.28. The molecule has 0 aliphatic heterocycles. The molecule has 0 aliphatic rings. The highest BCUT2D eigenvalue weighted by Gasteiger charge is 2.27. The Kier molecular flexibility index (Phi) is 5.90.